The number of piperidine rings is 1. The summed E-state index contributed by atoms with van der Waals surface area (Å²) >= 11 is 0. The molecule has 3 aromatic carbocycles. The average Bonchev–Trinajstić information content (AvgIpc) is 3.32. The summed E-state index contributed by atoms with van der Waals surface area (Å²) in [4.78, 5) is 15.8. The Balaban J connectivity index is 1.47. The van der Waals surface area contributed by atoms with Gasteiger partial charge in [0.15, 0.2) is 0 Å². The third-order valence-electron chi connectivity index (χ3n) is 7.63. The molecule has 1 aliphatic carbocycles. The van der Waals surface area contributed by atoms with E-state index < -0.39 is 6.23 Å². The number of hydrogen-bond donors (Lipinski definition) is 2. The maximum absolute atomic E-state index is 13.7. The number of likely N-dealkylation sites (tertiary alicyclic amines) is 1. The molecule has 0 bridgehead atoms. The van der Waals surface area contributed by atoms with Gasteiger partial charge in [0, 0.05) is 23.8 Å². The number of aryl methyl sites for hydroxylation is 4. The van der Waals surface area contributed by atoms with Gasteiger partial charge in [-0.2, -0.15) is 0 Å². The maximum atomic E-state index is 13.7. The van der Waals surface area contributed by atoms with Crippen LogP contribution in [0.3, 0.4) is 0 Å². The van der Waals surface area contributed by atoms with Crippen LogP contribution in [0.25, 0.3) is 0 Å². The molecule has 34 heavy (non-hydrogen) atoms. The molecule has 1 fully saturated rings. The molecule has 2 aliphatic rings. The van der Waals surface area contributed by atoms with Crippen molar-refractivity contribution >= 4 is 11.6 Å². The first-order chi connectivity index (χ1) is 16.5. The average molecular weight is 455 g/mol. The van der Waals surface area contributed by atoms with E-state index in [9.17, 15) is 9.90 Å². The lowest BCUT2D eigenvalue weighted by molar-refractivity contribution is -0.128. The molecule has 1 aliphatic heterocycles. The monoisotopic (exact) mass is 454 g/mol. The summed E-state index contributed by atoms with van der Waals surface area (Å²) in [6.07, 6.45) is 4.32. The molecular formula is C30H34N2O2. The number of amides is 1. The van der Waals surface area contributed by atoms with Gasteiger partial charge >= 0.3 is 0 Å². The van der Waals surface area contributed by atoms with Gasteiger partial charge < -0.3 is 10.4 Å². The third-order valence-corrected chi connectivity index (χ3v) is 7.63. The van der Waals surface area contributed by atoms with Crippen molar-refractivity contribution in [2.45, 2.75) is 58.2 Å². The van der Waals surface area contributed by atoms with Crippen molar-refractivity contribution in [3.8, 4) is 0 Å². The Morgan fingerprint density at radius 3 is 2.44 bits per heavy atom. The molecule has 2 N–H and O–H groups in total. The van der Waals surface area contributed by atoms with Crippen molar-refractivity contribution in [3.63, 3.8) is 0 Å². The molecular weight excluding hydrogens is 420 g/mol. The van der Waals surface area contributed by atoms with E-state index in [4.69, 9.17) is 0 Å². The third kappa shape index (κ3) is 4.40. The maximum Gasteiger partial charge on any atom is 0.229 e. The number of carbonyl (C=O) groups is 1. The zero-order valence-corrected chi connectivity index (χ0v) is 20.1. The fourth-order valence-electron chi connectivity index (χ4n) is 5.93. The van der Waals surface area contributed by atoms with Gasteiger partial charge in [0.2, 0.25) is 5.91 Å². The number of fused-ring (bicyclic) bond motifs is 1. The van der Waals surface area contributed by atoms with Gasteiger partial charge in [0.05, 0.1) is 5.92 Å². The Bertz CT molecular complexity index is 1150. The number of benzene rings is 3. The number of nitrogens with one attached hydrogen (secondary N) is 1. The molecule has 1 amide bonds. The summed E-state index contributed by atoms with van der Waals surface area (Å²) in [5.41, 5.74) is 7.80. The van der Waals surface area contributed by atoms with Crippen LogP contribution >= 0.6 is 0 Å². The molecule has 3 aromatic rings. The van der Waals surface area contributed by atoms with E-state index >= 15 is 0 Å². The van der Waals surface area contributed by atoms with Crippen molar-refractivity contribution in [2.75, 3.05) is 11.9 Å². The quantitative estimate of drug-likeness (QED) is 0.507. The highest BCUT2D eigenvalue weighted by Gasteiger charge is 2.40. The number of carbonyl (C=O) groups excluding carboxylic acids is 1. The van der Waals surface area contributed by atoms with E-state index in [1.807, 2.05) is 56.3 Å². The summed E-state index contributed by atoms with van der Waals surface area (Å²) in [7, 11) is 0. The van der Waals surface area contributed by atoms with Crippen LogP contribution in [0.15, 0.2) is 66.7 Å². The topological polar surface area (TPSA) is 52.6 Å². The highest BCUT2D eigenvalue weighted by molar-refractivity contribution is 5.93. The zero-order chi connectivity index (χ0) is 23.7. The number of rotatable bonds is 5. The summed E-state index contributed by atoms with van der Waals surface area (Å²) in [6.45, 7) is 4.84. The van der Waals surface area contributed by atoms with Crippen molar-refractivity contribution in [2.24, 2.45) is 5.92 Å². The first kappa shape index (κ1) is 22.8. The summed E-state index contributed by atoms with van der Waals surface area (Å²) < 4.78 is 0. The number of aliphatic hydroxyl groups excluding tert-OH is 1. The minimum Gasteiger partial charge on any atom is -0.374 e. The second-order valence-corrected chi connectivity index (χ2v) is 9.85. The Morgan fingerprint density at radius 2 is 1.68 bits per heavy atom. The fourth-order valence-corrected chi connectivity index (χ4v) is 5.93. The van der Waals surface area contributed by atoms with Gasteiger partial charge in [-0.3, -0.25) is 9.69 Å². The Morgan fingerprint density at radius 1 is 0.941 bits per heavy atom. The first-order valence-electron chi connectivity index (χ1n) is 12.5. The van der Waals surface area contributed by atoms with Crippen molar-refractivity contribution in [1.29, 1.82) is 0 Å². The van der Waals surface area contributed by atoms with E-state index in [1.165, 1.54) is 17.5 Å². The molecule has 5 rings (SSSR count). The predicted octanol–water partition coefficient (Wildman–Crippen LogP) is 5.88. The van der Waals surface area contributed by atoms with Gasteiger partial charge in [0.1, 0.15) is 6.23 Å². The van der Waals surface area contributed by atoms with Gasteiger partial charge in [-0.25, -0.2) is 0 Å². The van der Waals surface area contributed by atoms with Crippen LogP contribution in [0, 0.1) is 19.8 Å². The smallest absolute Gasteiger partial charge is 0.229 e. The van der Waals surface area contributed by atoms with Crippen LogP contribution in [-0.4, -0.2) is 22.5 Å². The Hall–Kier alpha value is -2.95. The van der Waals surface area contributed by atoms with Crippen molar-refractivity contribution in [1.82, 2.24) is 4.90 Å². The molecule has 176 valence electrons. The van der Waals surface area contributed by atoms with Crippen LogP contribution in [0.4, 0.5) is 5.69 Å². The number of nitrogens with zero attached hydrogens (tertiary/aromatic N) is 1. The summed E-state index contributed by atoms with van der Waals surface area (Å²) in [5.74, 6) is -0.214. The molecule has 1 saturated heterocycles. The number of aliphatic hydroxyl groups is 1. The van der Waals surface area contributed by atoms with Crippen molar-refractivity contribution < 1.29 is 9.90 Å². The Labute approximate surface area is 202 Å². The molecule has 0 radical (unpaired) electrons. The van der Waals surface area contributed by atoms with Gasteiger partial charge in [-0.05, 0) is 85.9 Å². The largest absolute Gasteiger partial charge is 0.374 e. The van der Waals surface area contributed by atoms with Gasteiger partial charge in [-0.1, -0.05) is 54.6 Å². The normalized spacial score (nSPS) is 21.1. The fraction of sp³-hybridized carbons (Fsp3) is 0.367. The van der Waals surface area contributed by atoms with Crippen LogP contribution in [0.1, 0.15) is 64.9 Å². The standard InChI is InChI=1S/C30H34N2O2/c1-20-9-6-10-21(2)27(20)30(34)32-18-8-15-26(28(32)23-11-4-3-5-12-23)29(33)31-25-17-16-22-13-7-14-24(22)19-25/h3-6,9-12,16-17,19,26,28,30,34H,7-8,13-15,18H2,1-2H3,(H,31,33). The highest BCUT2D eigenvalue weighted by atomic mass is 16.3. The predicted molar refractivity (Wildman–Crippen MR) is 137 cm³/mol. The minimum atomic E-state index is -0.762. The molecule has 3 atom stereocenters. The molecule has 4 heteroatoms. The van der Waals surface area contributed by atoms with E-state index in [-0.39, 0.29) is 17.9 Å². The van der Waals surface area contributed by atoms with Gasteiger partial charge in [-0.15, -0.1) is 0 Å². The first-order valence-corrected chi connectivity index (χ1v) is 12.5. The minimum absolute atomic E-state index is 0.0326. The second-order valence-electron chi connectivity index (χ2n) is 9.85. The SMILES string of the molecule is Cc1cccc(C)c1C(O)N1CCCC(C(=O)Nc2ccc3c(c2)CCC3)C1c1ccccc1. The molecule has 0 aromatic heterocycles. The zero-order valence-electron chi connectivity index (χ0n) is 20.1. The Kier molecular flexibility index (Phi) is 6.53. The van der Waals surface area contributed by atoms with Crippen LogP contribution in [-0.2, 0) is 17.6 Å². The van der Waals surface area contributed by atoms with Crippen molar-refractivity contribution in [3.05, 3.63) is 100 Å². The highest BCUT2D eigenvalue weighted by Crippen LogP contribution is 2.42. The summed E-state index contributed by atoms with van der Waals surface area (Å²) in [6, 6.07) is 22.4. The lowest BCUT2D eigenvalue weighted by Gasteiger charge is -2.44. The van der Waals surface area contributed by atoms with E-state index in [1.54, 1.807) is 0 Å². The van der Waals surface area contributed by atoms with Crippen LogP contribution in [0.2, 0.25) is 0 Å². The molecule has 1 heterocycles. The lowest BCUT2D eigenvalue weighted by Crippen LogP contribution is -2.45. The lowest BCUT2D eigenvalue weighted by atomic mass is 9.83. The van der Waals surface area contributed by atoms with Gasteiger partial charge in [0.25, 0.3) is 0 Å². The van der Waals surface area contributed by atoms with Crippen LogP contribution in [0.5, 0.6) is 0 Å². The van der Waals surface area contributed by atoms with Crippen LogP contribution < -0.4 is 5.32 Å². The van der Waals surface area contributed by atoms with E-state index in [2.05, 4.69) is 34.5 Å². The molecule has 3 unspecified atom stereocenters. The van der Waals surface area contributed by atoms with E-state index in [0.29, 0.717) is 0 Å². The molecule has 0 saturated carbocycles. The molecule has 4 nitrogen and oxygen atoms in total. The molecule has 0 spiro atoms. The summed E-state index contributed by atoms with van der Waals surface area (Å²) in [5, 5.41) is 14.8. The van der Waals surface area contributed by atoms with E-state index in [0.717, 1.165) is 60.2 Å². The number of hydrogen-bond acceptors (Lipinski definition) is 3. The second kappa shape index (κ2) is 9.73. The number of anilines is 1.